The Morgan fingerprint density at radius 2 is 1.39 bits per heavy atom. The third-order valence-electron chi connectivity index (χ3n) is 2.80. The topological polar surface area (TPSA) is 12.9 Å². The maximum atomic E-state index is 14.4. The van der Waals surface area contributed by atoms with Crippen LogP contribution in [0.1, 0.15) is 16.8 Å². The molecule has 1 heterocycles. The van der Waals surface area contributed by atoms with E-state index in [2.05, 4.69) is 68.7 Å². The van der Waals surface area contributed by atoms with Crippen LogP contribution in [0.25, 0.3) is 0 Å². The largest absolute Gasteiger partial charge is 0.437 e. The molecule has 0 bridgehead atoms. The zero-order chi connectivity index (χ0) is 18.4. The molecule has 0 aromatic carbocycles. The first kappa shape index (κ1) is 21.6. The Kier molecular flexibility index (Phi) is 6.31. The van der Waals surface area contributed by atoms with Gasteiger partial charge in [0.1, 0.15) is 12.4 Å². The summed E-state index contributed by atoms with van der Waals surface area (Å²) in [7, 11) is 0. The molecule has 0 unspecified atom stereocenters. The summed E-state index contributed by atoms with van der Waals surface area (Å²) in [5.41, 5.74) is -7.86. The number of halogens is 11. The molecule has 0 aliphatic carbocycles. The van der Waals surface area contributed by atoms with Crippen molar-refractivity contribution in [3.63, 3.8) is 0 Å². The van der Waals surface area contributed by atoms with Gasteiger partial charge in [-0.25, -0.2) is 9.37 Å². The van der Waals surface area contributed by atoms with Crippen molar-refractivity contribution in [1.29, 1.82) is 0 Å². The second-order valence-corrected chi connectivity index (χ2v) is 12.6. The number of aryl methyl sites for hydroxylation is 1. The quantitative estimate of drug-likeness (QED) is 0.205. The first-order valence-electron chi connectivity index (χ1n) is 5.56. The van der Waals surface area contributed by atoms with E-state index in [1.54, 1.807) is 0 Å². The van der Waals surface area contributed by atoms with Crippen molar-refractivity contribution in [2.24, 2.45) is 0 Å². The van der Waals surface area contributed by atoms with E-state index >= 15 is 0 Å². The van der Waals surface area contributed by atoms with Crippen molar-refractivity contribution in [3.8, 4) is 0 Å². The third-order valence-corrected chi connectivity index (χ3v) is 4.05. The van der Waals surface area contributed by atoms with Crippen LogP contribution in [0, 0.1) is 6.92 Å². The van der Waals surface area contributed by atoms with E-state index in [4.69, 9.17) is 0 Å². The molecule has 1 aromatic heterocycles. The molecule has 12 heteroatoms. The summed E-state index contributed by atoms with van der Waals surface area (Å²) in [6.45, 7) is 1.26. The van der Waals surface area contributed by atoms with Gasteiger partial charge in [0.2, 0.25) is 0 Å². The van der Waals surface area contributed by atoms with E-state index in [-0.39, 0.29) is 10.2 Å². The van der Waals surface area contributed by atoms with Gasteiger partial charge < -0.3 is 0 Å². The molecule has 0 atom stereocenters. The van der Waals surface area contributed by atoms with Gasteiger partial charge in [0.15, 0.2) is 0 Å². The van der Waals surface area contributed by atoms with Crippen LogP contribution in [0.2, 0.25) is 0 Å². The molecule has 0 radical (unpaired) electrons. The van der Waals surface area contributed by atoms with Crippen molar-refractivity contribution in [2.45, 2.75) is 33.5 Å². The predicted molar refractivity (Wildman–Crippen MR) is 84.8 cm³/mol. The van der Waals surface area contributed by atoms with Crippen LogP contribution in [0.5, 0.6) is 0 Å². The lowest BCUT2D eigenvalue weighted by Crippen LogP contribution is -2.51. The number of nitrogens with zero attached hydrogens (tertiary/aromatic N) is 1. The van der Waals surface area contributed by atoms with Gasteiger partial charge in [-0.15, -0.1) is 0 Å². The first-order valence-corrected chi connectivity index (χ1v) is 8.73. The van der Waals surface area contributed by atoms with Crippen molar-refractivity contribution in [3.05, 3.63) is 27.5 Å². The van der Waals surface area contributed by atoms with Crippen molar-refractivity contribution in [1.82, 2.24) is 4.98 Å². The Balaban J connectivity index is 3.80. The second-order valence-electron chi connectivity index (χ2n) is 4.53. The highest BCUT2D eigenvalue weighted by molar-refractivity contribution is 9.39. The van der Waals surface area contributed by atoms with Crippen LogP contribution < -0.4 is 0 Å². The maximum absolute atomic E-state index is 14.4. The van der Waals surface area contributed by atoms with E-state index in [1.165, 1.54) is 13.0 Å². The van der Waals surface area contributed by atoms with Crippen LogP contribution in [0.3, 0.4) is 0 Å². The molecule has 0 saturated heterocycles. The minimum Gasteiger partial charge on any atom is -0.241 e. The van der Waals surface area contributed by atoms with Crippen LogP contribution in [-0.2, 0) is 12.1 Å². The molecular formula is C11H6Br4F7N. The molecule has 0 aliphatic rings. The summed E-state index contributed by atoms with van der Waals surface area (Å²) in [6, 6.07) is 1.20. The summed E-state index contributed by atoms with van der Waals surface area (Å²) >= 11 is 11.6. The van der Waals surface area contributed by atoms with Crippen molar-refractivity contribution >= 4 is 63.7 Å². The van der Waals surface area contributed by atoms with Gasteiger partial charge in [-0.2, -0.15) is 26.3 Å². The van der Waals surface area contributed by atoms with Crippen LogP contribution in [0.4, 0.5) is 30.7 Å². The second kappa shape index (κ2) is 6.71. The van der Waals surface area contributed by atoms with E-state index in [9.17, 15) is 30.7 Å². The van der Waals surface area contributed by atoms with Gasteiger partial charge in [-0.3, -0.25) is 0 Å². The molecule has 23 heavy (non-hydrogen) atoms. The Labute approximate surface area is 159 Å². The monoisotopic (exact) mass is 601 g/mol. The van der Waals surface area contributed by atoms with Gasteiger partial charge in [0, 0.05) is 6.42 Å². The molecule has 132 valence electrons. The van der Waals surface area contributed by atoms with Crippen LogP contribution >= 0.6 is 63.7 Å². The van der Waals surface area contributed by atoms with Crippen LogP contribution in [-0.4, -0.2) is 19.5 Å². The minimum atomic E-state index is -6.23. The molecule has 1 aromatic rings. The van der Waals surface area contributed by atoms with Crippen molar-refractivity contribution in [2.75, 3.05) is 0 Å². The fourth-order valence-corrected chi connectivity index (χ4v) is 3.16. The maximum Gasteiger partial charge on any atom is 0.437 e. The Morgan fingerprint density at radius 1 is 0.957 bits per heavy atom. The Bertz CT molecular complexity index is 578. The van der Waals surface area contributed by atoms with E-state index in [1.807, 2.05) is 0 Å². The summed E-state index contributed by atoms with van der Waals surface area (Å²) in [6.07, 6.45) is -12.9. The average molecular weight is 605 g/mol. The molecule has 1 rings (SSSR count). The molecule has 0 aliphatic heterocycles. The zero-order valence-corrected chi connectivity index (χ0v) is 17.2. The highest BCUT2D eigenvalue weighted by atomic mass is 80.0. The van der Waals surface area contributed by atoms with Crippen LogP contribution in [0.15, 0.2) is 10.7 Å². The zero-order valence-electron chi connectivity index (χ0n) is 10.9. The predicted octanol–water partition coefficient (Wildman–Crippen LogP) is 6.82. The molecule has 0 amide bonds. The number of hydrogen-bond acceptors (Lipinski definition) is 1. The van der Waals surface area contributed by atoms with E-state index in [0.29, 0.717) is 0 Å². The fraction of sp³-hybridized carbons (Fsp3) is 0.545. The molecule has 1 nitrogen and oxygen atoms in total. The summed E-state index contributed by atoms with van der Waals surface area (Å²) in [5.74, 6) is 0. The molecule has 0 fully saturated rings. The number of pyridine rings is 1. The van der Waals surface area contributed by atoms with Gasteiger partial charge in [-0.1, -0.05) is 47.8 Å². The summed E-state index contributed by atoms with van der Waals surface area (Å²) < 4.78 is 90.7. The molecule has 0 saturated carbocycles. The fourth-order valence-electron chi connectivity index (χ4n) is 1.80. The number of alkyl halides is 10. The normalized spacial score (nSPS) is 14.3. The SMILES string of the molecule is Cc1cc(Br)nc(C(F)(C(F)(F)F)C(F)(F)F)c1CC(Br)(Br)Br. The summed E-state index contributed by atoms with van der Waals surface area (Å²) in [5, 5.41) is 0. The summed E-state index contributed by atoms with van der Waals surface area (Å²) in [4.78, 5) is 3.16. The lowest BCUT2D eigenvalue weighted by molar-refractivity contribution is -0.350. The first-order chi connectivity index (χ1) is 10.0. The van der Waals surface area contributed by atoms with Gasteiger partial charge in [0.05, 0.1) is 0 Å². The Morgan fingerprint density at radius 3 is 1.74 bits per heavy atom. The molecule has 0 N–H and O–H groups in total. The smallest absolute Gasteiger partial charge is 0.241 e. The van der Waals surface area contributed by atoms with Crippen molar-refractivity contribution < 1.29 is 30.7 Å². The van der Waals surface area contributed by atoms with Gasteiger partial charge in [0.25, 0.3) is 0 Å². The standard InChI is InChI=1S/C11H6Br4F7N/c1-4-2-6(12)23-7(5(4)3-8(13,14)15)9(16,10(17,18)19)11(20,21)22/h2H,3H2,1H3. The number of hydrogen-bond donors (Lipinski definition) is 0. The van der Waals surface area contributed by atoms with Gasteiger partial charge >= 0.3 is 18.0 Å². The lowest BCUT2D eigenvalue weighted by Gasteiger charge is -2.32. The van der Waals surface area contributed by atoms with Gasteiger partial charge in [-0.05, 0) is 40.0 Å². The van der Waals surface area contributed by atoms with E-state index in [0.717, 1.165) is 0 Å². The highest BCUT2D eigenvalue weighted by Gasteiger charge is 2.75. The highest BCUT2D eigenvalue weighted by Crippen LogP contribution is 2.54. The number of rotatable bonds is 2. The Hall–Kier alpha value is 0.580. The van der Waals surface area contributed by atoms with E-state index < -0.39 is 37.8 Å². The minimum absolute atomic E-state index is 0.0140. The lowest BCUT2D eigenvalue weighted by atomic mass is 9.92. The molecular weight excluding hydrogens is 599 g/mol. The third kappa shape index (κ3) is 4.60. The average Bonchev–Trinajstić information content (AvgIpc) is 2.26. The molecule has 0 spiro atoms. The number of aromatic nitrogens is 1.